The average molecular weight is 340 g/mol. The Morgan fingerprint density at radius 2 is 2.12 bits per heavy atom. The predicted molar refractivity (Wildman–Crippen MR) is 90.3 cm³/mol. The van der Waals surface area contributed by atoms with Crippen molar-refractivity contribution >= 4 is 0 Å². The zero-order chi connectivity index (χ0) is 17.1. The van der Waals surface area contributed by atoms with E-state index >= 15 is 0 Å². The molecule has 1 aliphatic rings. The summed E-state index contributed by atoms with van der Waals surface area (Å²) in [6.07, 6.45) is 4.12. The molecule has 0 aliphatic carbocycles. The van der Waals surface area contributed by atoms with Crippen molar-refractivity contribution in [2.75, 3.05) is 20.2 Å². The van der Waals surface area contributed by atoms with Crippen molar-refractivity contribution < 1.29 is 13.7 Å². The van der Waals surface area contributed by atoms with Crippen molar-refractivity contribution in [2.45, 2.75) is 19.3 Å². The smallest absolute Gasteiger partial charge is 0.226 e. The van der Waals surface area contributed by atoms with Gasteiger partial charge in [0.1, 0.15) is 12.0 Å². The monoisotopic (exact) mass is 340 g/mol. The lowest BCUT2D eigenvalue weighted by Gasteiger charge is -2.01. The lowest BCUT2D eigenvalue weighted by Crippen LogP contribution is -2.10. The van der Waals surface area contributed by atoms with Crippen LogP contribution in [0.25, 0.3) is 11.5 Å². The van der Waals surface area contributed by atoms with E-state index in [1.165, 1.54) is 0 Å². The van der Waals surface area contributed by atoms with Crippen LogP contribution in [0.5, 0.6) is 5.75 Å². The first kappa shape index (κ1) is 15.8. The van der Waals surface area contributed by atoms with E-state index in [2.05, 4.69) is 20.4 Å². The lowest BCUT2D eigenvalue weighted by atomic mass is 10.1. The lowest BCUT2D eigenvalue weighted by molar-refractivity contribution is 0.354. The fourth-order valence-electron chi connectivity index (χ4n) is 3.00. The van der Waals surface area contributed by atoms with Gasteiger partial charge in [-0.15, -0.1) is 0 Å². The first-order chi connectivity index (χ1) is 12.3. The maximum atomic E-state index is 5.56. The Morgan fingerprint density at radius 3 is 2.88 bits per heavy atom. The third-order valence-corrected chi connectivity index (χ3v) is 4.36. The Morgan fingerprint density at radius 1 is 1.24 bits per heavy atom. The topological polar surface area (TPSA) is 86.2 Å². The maximum Gasteiger partial charge on any atom is 0.226 e. The van der Waals surface area contributed by atoms with Crippen LogP contribution in [0.4, 0.5) is 0 Å². The number of nitrogens with one attached hydrogen (secondary N) is 1. The largest absolute Gasteiger partial charge is 0.497 e. The first-order valence-corrected chi connectivity index (χ1v) is 8.41. The zero-order valence-corrected chi connectivity index (χ0v) is 14.1. The number of hydrogen-bond donors (Lipinski definition) is 1. The first-order valence-electron chi connectivity index (χ1n) is 8.41. The Labute approximate surface area is 145 Å². The van der Waals surface area contributed by atoms with E-state index < -0.39 is 0 Å². The molecular formula is C18H20N4O3. The van der Waals surface area contributed by atoms with Crippen molar-refractivity contribution in [1.29, 1.82) is 0 Å². The van der Waals surface area contributed by atoms with Crippen molar-refractivity contribution in [3.8, 4) is 17.2 Å². The average Bonchev–Trinajstić information content (AvgIpc) is 3.39. The van der Waals surface area contributed by atoms with Crippen LogP contribution in [0, 0.1) is 5.92 Å². The molecule has 3 heterocycles. The van der Waals surface area contributed by atoms with Crippen LogP contribution in [0.3, 0.4) is 0 Å². The minimum atomic E-state index is 0.492. The molecule has 2 aromatic heterocycles. The van der Waals surface area contributed by atoms with E-state index in [1.54, 1.807) is 13.4 Å². The summed E-state index contributed by atoms with van der Waals surface area (Å²) in [5.74, 6) is 3.28. The van der Waals surface area contributed by atoms with Gasteiger partial charge in [0.2, 0.25) is 11.8 Å². The van der Waals surface area contributed by atoms with Gasteiger partial charge in [0.05, 0.1) is 19.2 Å². The molecule has 1 fully saturated rings. The van der Waals surface area contributed by atoms with Gasteiger partial charge < -0.3 is 19.0 Å². The minimum absolute atomic E-state index is 0.492. The summed E-state index contributed by atoms with van der Waals surface area (Å²) in [6, 6.07) is 7.58. The molecule has 0 amide bonds. The summed E-state index contributed by atoms with van der Waals surface area (Å²) in [5, 5.41) is 7.40. The van der Waals surface area contributed by atoms with E-state index in [1.807, 2.05) is 24.3 Å². The van der Waals surface area contributed by atoms with Crippen LogP contribution in [0.1, 0.15) is 23.8 Å². The van der Waals surface area contributed by atoms with Crippen LogP contribution in [-0.4, -0.2) is 35.3 Å². The molecule has 1 aliphatic heterocycles. The number of nitrogens with zero attached hydrogens (tertiary/aromatic N) is 3. The van der Waals surface area contributed by atoms with Gasteiger partial charge in [-0.25, -0.2) is 4.98 Å². The molecular weight excluding hydrogens is 320 g/mol. The van der Waals surface area contributed by atoms with Crippen molar-refractivity contribution in [2.24, 2.45) is 5.92 Å². The molecule has 1 N–H and O–H groups in total. The number of aromatic nitrogens is 3. The Balaban J connectivity index is 1.41. The highest BCUT2D eigenvalue weighted by molar-refractivity contribution is 5.54. The van der Waals surface area contributed by atoms with E-state index in [-0.39, 0.29) is 0 Å². The van der Waals surface area contributed by atoms with Gasteiger partial charge in [-0.1, -0.05) is 5.16 Å². The molecule has 25 heavy (non-hydrogen) atoms. The second-order valence-corrected chi connectivity index (χ2v) is 6.22. The molecule has 0 saturated carbocycles. The molecule has 0 radical (unpaired) electrons. The van der Waals surface area contributed by atoms with Crippen molar-refractivity contribution in [3.63, 3.8) is 0 Å². The highest BCUT2D eigenvalue weighted by atomic mass is 16.5. The predicted octanol–water partition coefficient (Wildman–Crippen LogP) is 2.48. The van der Waals surface area contributed by atoms with Crippen LogP contribution in [-0.2, 0) is 12.8 Å². The summed E-state index contributed by atoms with van der Waals surface area (Å²) in [6.45, 7) is 2.09. The normalized spacial score (nSPS) is 17.1. The highest BCUT2D eigenvalue weighted by Crippen LogP contribution is 2.22. The van der Waals surface area contributed by atoms with Crippen LogP contribution < -0.4 is 10.1 Å². The number of methoxy groups -OCH3 is 1. The van der Waals surface area contributed by atoms with Crippen LogP contribution >= 0.6 is 0 Å². The van der Waals surface area contributed by atoms with Gasteiger partial charge in [0, 0.05) is 12.0 Å². The highest BCUT2D eigenvalue weighted by Gasteiger charge is 2.19. The van der Waals surface area contributed by atoms with Gasteiger partial charge in [0.25, 0.3) is 0 Å². The fourth-order valence-corrected chi connectivity index (χ4v) is 3.00. The molecule has 1 saturated heterocycles. The van der Waals surface area contributed by atoms with Crippen molar-refractivity contribution in [1.82, 2.24) is 20.4 Å². The quantitative estimate of drug-likeness (QED) is 0.737. The number of oxazole rings is 1. The second-order valence-electron chi connectivity index (χ2n) is 6.22. The number of rotatable bonds is 6. The Kier molecular flexibility index (Phi) is 4.47. The van der Waals surface area contributed by atoms with E-state index in [4.69, 9.17) is 13.7 Å². The third kappa shape index (κ3) is 3.71. The minimum Gasteiger partial charge on any atom is -0.497 e. The van der Waals surface area contributed by atoms with Crippen LogP contribution in [0.2, 0.25) is 0 Å². The molecule has 130 valence electrons. The van der Waals surface area contributed by atoms with Gasteiger partial charge >= 0.3 is 0 Å². The standard InChI is InChI=1S/C18H20N4O3/c1-23-15-4-2-13(3-5-15)18-20-14(11-24-18)9-16-21-17(25-22-16)8-12-6-7-19-10-12/h2-5,11-12,19H,6-10H2,1H3. The molecule has 7 heteroatoms. The number of hydrogen-bond acceptors (Lipinski definition) is 7. The van der Waals surface area contributed by atoms with Gasteiger partial charge in [0.15, 0.2) is 5.82 Å². The van der Waals surface area contributed by atoms with Crippen LogP contribution in [0.15, 0.2) is 39.5 Å². The Bertz CT molecular complexity index is 819. The zero-order valence-electron chi connectivity index (χ0n) is 14.1. The summed E-state index contributed by atoms with van der Waals surface area (Å²) >= 11 is 0. The summed E-state index contributed by atoms with van der Waals surface area (Å²) in [4.78, 5) is 8.97. The number of benzene rings is 1. The Hall–Kier alpha value is -2.67. The maximum absolute atomic E-state index is 5.56. The number of ether oxygens (including phenoxy) is 1. The van der Waals surface area contributed by atoms with Gasteiger partial charge in [-0.2, -0.15) is 4.98 Å². The molecule has 4 rings (SSSR count). The van der Waals surface area contributed by atoms with Gasteiger partial charge in [-0.3, -0.25) is 0 Å². The van der Waals surface area contributed by atoms with E-state index in [9.17, 15) is 0 Å². The molecule has 1 atom stereocenters. The molecule has 0 spiro atoms. The molecule has 1 unspecified atom stereocenters. The molecule has 7 nitrogen and oxygen atoms in total. The second kappa shape index (κ2) is 7.06. The molecule has 3 aromatic rings. The molecule has 1 aromatic carbocycles. The van der Waals surface area contributed by atoms with Crippen molar-refractivity contribution in [3.05, 3.63) is 47.9 Å². The van der Waals surface area contributed by atoms with Gasteiger partial charge in [-0.05, 0) is 49.7 Å². The third-order valence-electron chi connectivity index (χ3n) is 4.36. The molecule has 0 bridgehead atoms. The fraction of sp³-hybridized carbons (Fsp3) is 0.389. The summed E-state index contributed by atoms with van der Waals surface area (Å²) in [5.41, 5.74) is 1.68. The van der Waals surface area contributed by atoms with E-state index in [0.717, 1.165) is 42.9 Å². The summed E-state index contributed by atoms with van der Waals surface area (Å²) in [7, 11) is 1.64. The van der Waals surface area contributed by atoms with E-state index in [0.29, 0.717) is 29.9 Å². The SMILES string of the molecule is COc1ccc(-c2nc(Cc3noc(CC4CCNC4)n3)co2)cc1. The summed E-state index contributed by atoms with van der Waals surface area (Å²) < 4.78 is 16.1.